The maximum absolute atomic E-state index is 5.70. The summed E-state index contributed by atoms with van der Waals surface area (Å²) < 4.78 is 16.4. The van der Waals surface area contributed by atoms with E-state index >= 15 is 0 Å². The fourth-order valence-electron chi connectivity index (χ4n) is 2.03. The molecular weight excluding hydrogens is 254 g/mol. The molecule has 1 aromatic carbocycles. The molecule has 4 nitrogen and oxygen atoms in total. The molecule has 0 aromatic heterocycles. The van der Waals surface area contributed by atoms with Crippen LogP contribution in [0, 0.1) is 0 Å². The number of benzene rings is 1. The zero-order chi connectivity index (χ0) is 14.8. The minimum absolute atomic E-state index is 0.141. The fraction of sp³-hybridized carbons (Fsp3) is 0.625. The van der Waals surface area contributed by atoms with Crippen molar-refractivity contribution >= 4 is 0 Å². The lowest BCUT2D eigenvalue weighted by molar-refractivity contribution is 0.111. The van der Waals surface area contributed by atoms with E-state index in [-0.39, 0.29) is 6.04 Å². The number of methoxy groups -OCH3 is 2. The normalized spacial score (nSPS) is 12.2. The van der Waals surface area contributed by atoms with Crippen LogP contribution in [0.15, 0.2) is 18.2 Å². The molecule has 1 atom stereocenters. The summed E-state index contributed by atoms with van der Waals surface area (Å²) in [7, 11) is 3.34. The second kappa shape index (κ2) is 9.61. The minimum atomic E-state index is 0.141. The van der Waals surface area contributed by atoms with Crippen molar-refractivity contribution < 1.29 is 14.2 Å². The molecule has 20 heavy (non-hydrogen) atoms. The summed E-state index contributed by atoms with van der Waals surface area (Å²) in [5.74, 6) is 1.63. The molecule has 0 aliphatic rings. The first-order valence-corrected chi connectivity index (χ1v) is 7.29. The van der Waals surface area contributed by atoms with Crippen LogP contribution in [0.3, 0.4) is 0 Å². The Hall–Kier alpha value is -1.26. The van der Waals surface area contributed by atoms with Gasteiger partial charge in [-0.25, -0.2) is 0 Å². The Kier molecular flexibility index (Phi) is 8.07. The molecule has 0 aliphatic carbocycles. The van der Waals surface area contributed by atoms with Gasteiger partial charge in [-0.1, -0.05) is 13.8 Å². The molecule has 0 saturated carbocycles. The Morgan fingerprint density at radius 1 is 1.10 bits per heavy atom. The molecule has 1 N–H and O–H groups in total. The first-order valence-electron chi connectivity index (χ1n) is 7.29. The summed E-state index contributed by atoms with van der Waals surface area (Å²) in [6.07, 6.45) is 2.11. The van der Waals surface area contributed by atoms with Crippen molar-refractivity contribution in [2.24, 2.45) is 0 Å². The molecule has 4 heteroatoms. The smallest absolute Gasteiger partial charge is 0.127 e. The van der Waals surface area contributed by atoms with Gasteiger partial charge in [0.1, 0.15) is 11.5 Å². The zero-order valence-corrected chi connectivity index (χ0v) is 13.1. The van der Waals surface area contributed by atoms with E-state index in [1.807, 2.05) is 18.2 Å². The highest BCUT2D eigenvalue weighted by atomic mass is 16.5. The Morgan fingerprint density at radius 2 is 1.90 bits per heavy atom. The molecule has 0 spiro atoms. The van der Waals surface area contributed by atoms with Crippen molar-refractivity contribution in [3.05, 3.63) is 23.8 Å². The molecule has 0 fully saturated rings. The Morgan fingerprint density at radius 3 is 2.50 bits per heavy atom. The summed E-state index contributed by atoms with van der Waals surface area (Å²) in [6, 6.07) is 6.05. The van der Waals surface area contributed by atoms with Crippen LogP contribution in [-0.4, -0.2) is 34.0 Å². The van der Waals surface area contributed by atoms with Crippen LogP contribution >= 0.6 is 0 Å². The number of hydrogen-bond donors (Lipinski definition) is 1. The van der Waals surface area contributed by atoms with Crippen molar-refractivity contribution in [1.29, 1.82) is 0 Å². The third-order valence-corrected chi connectivity index (χ3v) is 3.09. The number of nitrogens with one attached hydrogen (secondary N) is 1. The number of hydrogen-bond acceptors (Lipinski definition) is 4. The number of rotatable bonds is 10. The minimum Gasteiger partial charge on any atom is -0.497 e. The summed E-state index contributed by atoms with van der Waals surface area (Å²) in [5, 5.41) is 3.51. The van der Waals surface area contributed by atoms with E-state index in [0.717, 1.165) is 43.1 Å². The van der Waals surface area contributed by atoms with Crippen molar-refractivity contribution in [3.8, 4) is 11.5 Å². The highest BCUT2D eigenvalue weighted by molar-refractivity contribution is 5.42. The van der Waals surface area contributed by atoms with E-state index in [0.29, 0.717) is 6.61 Å². The van der Waals surface area contributed by atoms with Gasteiger partial charge in [0.2, 0.25) is 0 Å². The molecule has 0 amide bonds. The van der Waals surface area contributed by atoms with E-state index in [4.69, 9.17) is 14.2 Å². The topological polar surface area (TPSA) is 39.7 Å². The maximum atomic E-state index is 5.70. The van der Waals surface area contributed by atoms with Crippen LogP contribution in [0.25, 0.3) is 0 Å². The third kappa shape index (κ3) is 5.02. The summed E-state index contributed by atoms with van der Waals surface area (Å²) in [5.41, 5.74) is 1.11. The van der Waals surface area contributed by atoms with Crippen LogP contribution in [0.2, 0.25) is 0 Å². The monoisotopic (exact) mass is 281 g/mol. The number of ether oxygens (including phenoxy) is 3. The molecule has 0 saturated heterocycles. The van der Waals surface area contributed by atoms with Gasteiger partial charge in [-0.2, -0.15) is 0 Å². The Bertz CT molecular complexity index is 382. The van der Waals surface area contributed by atoms with Crippen molar-refractivity contribution in [3.63, 3.8) is 0 Å². The lowest BCUT2D eigenvalue weighted by Gasteiger charge is -2.21. The molecule has 1 unspecified atom stereocenters. The second-order valence-corrected chi connectivity index (χ2v) is 4.69. The van der Waals surface area contributed by atoms with Crippen LogP contribution in [0.4, 0.5) is 0 Å². The van der Waals surface area contributed by atoms with Crippen molar-refractivity contribution in [2.45, 2.75) is 32.7 Å². The van der Waals surface area contributed by atoms with Crippen molar-refractivity contribution in [1.82, 2.24) is 5.32 Å². The largest absolute Gasteiger partial charge is 0.497 e. The Balaban J connectivity index is 2.86. The van der Waals surface area contributed by atoms with Crippen LogP contribution in [-0.2, 0) is 4.74 Å². The third-order valence-electron chi connectivity index (χ3n) is 3.09. The highest BCUT2D eigenvalue weighted by Crippen LogP contribution is 2.29. The first kappa shape index (κ1) is 16.8. The molecule has 114 valence electrons. The fourth-order valence-corrected chi connectivity index (χ4v) is 2.03. The maximum Gasteiger partial charge on any atom is 0.127 e. The van der Waals surface area contributed by atoms with E-state index in [1.165, 1.54) is 0 Å². The van der Waals surface area contributed by atoms with E-state index in [1.54, 1.807) is 14.2 Å². The van der Waals surface area contributed by atoms with Gasteiger partial charge in [0.05, 0.1) is 26.9 Å². The van der Waals surface area contributed by atoms with Gasteiger partial charge in [-0.05, 0) is 31.5 Å². The quantitative estimate of drug-likeness (QED) is 0.669. The van der Waals surface area contributed by atoms with Gasteiger partial charge in [0, 0.05) is 18.2 Å². The van der Waals surface area contributed by atoms with E-state index < -0.39 is 0 Å². The zero-order valence-electron chi connectivity index (χ0n) is 13.1. The Labute approximate surface area is 122 Å². The van der Waals surface area contributed by atoms with E-state index in [9.17, 15) is 0 Å². The van der Waals surface area contributed by atoms with Crippen LogP contribution in [0.1, 0.15) is 38.3 Å². The average Bonchev–Trinajstić information content (AvgIpc) is 2.50. The predicted molar refractivity (Wildman–Crippen MR) is 81.7 cm³/mol. The van der Waals surface area contributed by atoms with E-state index in [2.05, 4.69) is 19.2 Å². The van der Waals surface area contributed by atoms with Gasteiger partial charge < -0.3 is 19.5 Å². The molecule has 0 bridgehead atoms. The lowest BCUT2D eigenvalue weighted by atomic mass is 10.1. The predicted octanol–water partition coefficient (Wildman–Crippen LogP) is 3.17. The van der Waals surface area contributed by atoms with Crippen molar-refractivity contribution in [2.75, 3.05) is 34.0 Å². The molecule has 0 radical (unpaired) electrons. The van der Waals surface area contributed by atoms with Gasteiger partial charge in [-0.15, -0.1) is 0 Å². The van der Waals surface area contributed by atoms with Gasteiger partial charge in [0.15, 0.2) is 0 Å². The van der Waals surface area contributed by atoms with Crippen LogP contribution in [0.5, 0.6) is 11.5 Å². The van der Waals surface area contributed by atoms with Crippen LogP contribution < -0.4 is 14.8 Å². The molecule has 1 aromatic rings. The molecule has 1 rings (SSSR count). The lowest BCUT2D eigenvalue weighted by Crippen LogP contribution is -2.27. The molecular formula is C16H27NO3. The summed E-state index contributed by atoms with van der Waals surface area (Å²) >= 11 is 0. The summed E-state index contributed by atoms with van der Waals surface area (Å²) in [4.78, 5) is 0. The first-order chi connectivity index (χ1) is 9.76. The van der Waals surface area contributed by atoms with Gasteiger partial charge in [0.25, 0.3) is 0 Å². The molecule has 0 heterocycles. The molecule has 0 aliphatic heterocycles. The average molecular weight is 281 g/mol. The second-order valence-electron chi connectivity index (χ2n) is 4.69. The van der Waals surface area contributed by atoms with Gasteiger partial charge >= 0.3 is 0 Å². The highest BCUT2D eigenvalue weighted by Gasteiger charge is 2.16. The standard InChI is InChI=1S/C16H27NO3/c1-5-9-17-15(12-20-10-6-2)14-8-7-13(18-3)11-16(14)19-4/h7-8,11,15,17H,5-6,9-10,12H2,1-4H3. The van der Waals surface area contributed by atoms with Gasteiger partial charge in [-0.3, -0.25) is 0 Å². The SMILES string of the molecule is CCCNC(COCCC)c1ccc(OC)cc1OC. The summed E-state index contributed by atoms with van der Waals surface area (Å²) in [6.45, 7) is 6.65.